The van der Waals surface area contributed by atoms with Crippen molar-refractivity contribution in [1.29, 1.82) is 0 Å². The Labute approximate surface area is 124 Å². The van der Waals surface area contributed by atoms with Crippen LogP contribution < -0.4 is 11.1 Å². The van der Waals surface area contributed by atoms with Crippen molar-refractivity contribution in [2.45, 2.75) is 19.4 Å². The van der Waals surface area contributed by atoms with Gasteiger partial charge in [-0.05, 0) is 31.0 Å². The van der Waals surface area contributed by atoms with E-state index in [0.29, 0.717) is 0 Å². The van der Waals surface area contributed by atoms with Gasteiger partial charge in [0.05, 0.1) is 17.4 Å². The van der Waals surface area contributed by atoms with Crippen molar-refractivity contribution >= 4 is 16.6 Å². The summed E-state index contributed by atoms with van der Waals surface area (Å²) in [6, 6.07) is 12.6. The van der Waals surface area contributed by atoms with Gasteiger partial charge in [0.2, 0.25) is 0 Å². The van der Waals surface area contributed by atoms with Crippen LogP contribution in [0.3, 0.4) is 0 Å². The summed E-state index contributed by atoms with van der Waals surface area (Å²) in [7, 11) is 1.93. The second-order valence-corrected chi connectivity index (χ2v) is 5.87. The summed E-state index contributed by atoms with van der Waals surface area (Å²) >= 11 is 0. The average Bonchev–Trinajstić information content (AvgIpc) is 2.94. The van der Waals surface area contributed by atoms with Gasteiger partial charge in [-0.3, -0.25) is 5.10 Å². The van der Waals surface area contributed by atoms with Gasteiger partial charge >= 0.3 is 0 Å². The molecule has 108 valence electrons. The van der Waals surface area contributed by atoms with E-state index in [1.807, 2.05) is 27.1 Å². The van der Waals surface area contributed by atoms with Crippen LogP contribution in [0.1, 0.15) is 19.4 Å². The zero-order valence-electron chi connectivity index (χ0n) is 12.6. The first-order valence-electron chi connectivity index (χ1n) is 7.04. The van der Waals surface area contributed by atoms with E-state index < -0.39 is 0 Å². The van der Waals surface area contributed by atoms with Crippen molar-refractivity contribution in [2.75, 3.05) is 12.4 Å². The third kappa shape index (κ3) is 2.38. The van der Waals surface area contributed by atoms with Crippen LogP contribution in [0.25, 0.3) is 22.0 Å². The summed E-state index contributed by atoms with van der Waals surface area (Å²) in [5.74, 6) is 0. The molecule has 4 heteroatoms. The van der Waals surface area contributed by atoms with E-state index in [2.05, 4.69) is 51.9 Å². The van der Waals surface area contributed by atoms with Gasteiger partial charge in [0.25, 0.3) is 0 Å². The Morgan fingerprint density at radius 3 is 2.43 bits per heavy atom. The van der Waals surface area contributed by atoms with Gasteiger partial charge in [-0.1, -0.05) is 30.3 Å². The highest BCUT2D eigenvalue weighted by atomic mass is 15.1. The van der Waals surface area contributed by atoms with E-state index in [4.69, 9.17) is 5.73 Å². The summed E-state index contributed by atoms with van der Waals surface area (Å²) in [4.78, 5) is 0. The Kier molecular flexibility index (Phi) is 3.18. The fraction of sp³-hybridized carbons (Fsp3) is 0.235. The first-order valence-corrected chi connectivity index (χ1v) is 7.04. The van der Waals surface area contributed by atoms with Crippen LogP contribution in [0.2, 0.25) is 0 Å². The summed E-state index contributed by atoms with van der Waals surface area (Å²) in [5.41, 5.74) is 11.4. The largest absolute Gasteiger partial charge is 0.387 e. The summed E-state index contributed by atoms with van der Waals surface area (Å²) in [6.45, 7) is 4.02. The standard InChI is InChI=1S/C17H20N4/c1-17(2,18)12-6-4-11(5-7-12)13-8-9-15-14(10-20-21-15)16(13)19-3/h4-10,19H,18H2,1-3H3,(H,20,21). The third-order valence-electron chi connectivity index (χ3n) is 3.81. The number of aromatic amines is 1. The SMILES string of the molecule is CNc1c(-c2ccc(C(C)(C)N)cc2)ccc2[nH]ncc12. The Balaban J connectivity index is 2.11. The van der Waals surface area contributed by atoms with Crippen LogP contribution in [-0.4, -0.2) is 17.2 Å². The Hall–Kier alpha value is -2.33. The first kappa shape index (κ1) is 13.6. The molecule has 4 N–H and O–H groups in total. The Morgan fingerprint density at radius 1 is 1.10 bits per heavy atom. The number of aromatic nitrogens is 2. The smallest absolute Gasteiger partial charge is 0.0671 e. The topological polar surface area (TPSA) is 66.7 Å². The van der Waals surface area contributed by atoms with Crippen molar-refractivity contribution in [2.24, 2.45) is 5.73 Å². The molecule has 0 unspecified atom stereocenters. The number of H-pyrrole nitrogens is 1. The molecule has 3 aromatic rings. The molecule has 0 saturated carbocycles. The number of rotatable bonds is 3. The predicted octanol–water partition coefficient (Wildman–Crippen LogP) is 3.47. The number of hydrogen-bond acceptors (Lipinski definition) is 3. The molecule has 21 heavy (non-hydrogen) atoms. The van der Waals surface area contributed by atoms with Gasteiger partial charge in [-0.15, -0.1) is 0 Å². The van der Waals surface area contributed by atoms with Crippen LogP contribution in [0.5, 0.6) is 0 Å². The molecular formula is C17H20N4. The van der Waals surface area contributed by atoms with Crippen molar-refractivity contribution in [1.82, 2.24) is 10.2 Å². The molecule has 0 bridgehead atoms. The molecule has 0 aliphatic heterocycles. The van der Waals surface area contributed by atoms with E-state index >= 15 is 0 Å². The predicted molar refractivity (Wildman–Crippen MR) is 88.3 cm³/mol. The number of hydrogen-bond donors (Lipinski definition) is 3. The fourth-order valence-corrected chi connectivity index (χ4v) is 2.61. The molecule has 0 fully saturated rings. The van der Waals surface area contributed by atoms with Gasteiger partial charge in [-0.25, -0.2) is 0 Å². The molecule has 1 heterocycles. The lowest BCUT2D eigenvalue weighted by atomic mass is 9.93. The molecule has 0 saturated heterocycles. The van der Waals surface area contributed by atoms with Gasteiger partial charge in [0.15, 0.2) is 0 Å². The van der Waals surface area contributed by atoms with Crippen molar-refractivity contribution in [3.8, 4) is 11.1 Å². The molecule has 0 radical (unpaired) electrons. The van der Waals surface area contributed by atoms with Crippen LogP contribution in [0, 0.1) is 0 Å². The number of fused-ring (bicyclic) bond motifs is 1. The lowest BCUT2D eigenvalue weighted by Gasteiger charge is -2.19. The van der Waals surface area contributed by atoms with Gasteiger partial charge in [0.1, 0.15) is 0 Å². The van der Waals surface area contributed by atoms with Crippen molar-refractivity contribution < 1.29 is 0 Å². The monoisotopic (exact) mass is 280 g/mol. The van der Waals surface area contributed by atoms with Gasteiger partial charge in [-0.2, -0.15) is 5.10 Å². The summed E-state index contributed by atoms with van der Waals surface area (Å²) in [5, 5.41) is 11.5. The minimum absolute atomic E-state index is 0.321. The molecule has 3 rings (SSSR count). The number of nitrogens with two attached hydrogens (primary N) is 1. The lowest BCUT2D eigenvalue weighted by molar-refractivity contribution is 0.554. The molecule has 0 aliphatic rings. The normalized spacial score (nSPS) is 11.8. The summed E-state index contributed by atoms with van der Waals surface area (Å²) < 4.78 is 0. The van der Waals surface area contributed by atoms with E-state index in [-0.39, 0.29) is 5.54 Å². The maximum atomic E-state index is 6.14. The van der Waals surface area contributed by atoms with Crippen LogP contribution in [0.4, 0.5) is 5.69 Å². The van der Waals surface area contributed by atoms with E-state index in [1.54, 1.807) is 0 Å². The molecular weight excluding hydrogens is 260 g/mol. The lowest BCUT2D eigenvalue weighted by Crippen LogP contribution is -2.28. The number of anilines is 1. The average molecular weight is 280 g/mol. The maximum absolute atomic E-state index is 6.14. The van der Waals surface area contributed by atoms with Crippen molar-refractivity contribution in [3.05, 3.63) is 48.2 Å². The minimum Gasteiger partial charge on any atom is -0.387 e. The highest BCUT2D eigenvalue weighted by Crippen LogP contribution is 2.34. The second kappa shape index (κ2) is 4.90. The third-order valence-corrected chi connectivity index (χ3v) is 3.81. The maximum Gasteiger partial charge on any atom is 0.0671 e. The first-order chi connectivity index (χ1) is 10.0. The van der Waals surface area contributed by atoms with E-state index in [1.165, 1.54) is 0 Å². The van der Waals surface area contributed by atoms with Crippen LogP contribution in [0.15, 0.2) is 42.6 Å². The Morgan fingerprint density at radius 2 is 1.81 bits per heavy atom. The fourth-order valence-electron chi connectivity index (χ4n) is 2.61. The molecule has 0 spiro atoms. The number of benzene rings is 2. The van der Waals surface area contributed by atoms with Crippen LogP contribution >= 0.6 is 0 Å². The van der Waals surface area contributed by atoms with Gasteiger partial charge in [0, 0.05) is 23.5 Å². The van der Waals surface area contributed by atoms with E-state index in [0.717, 1.165) is 33.3 Å². The molecule has 0 amide bonds. The zero-order valence-corrected chi connectivity index (χ0v) is 12.6. The number of nitrogens with zero attached hydrogens (tertiary/aromatic N) is 1. The molecule has 0 atom stereocenters. The summed E-state index contributed by atoms with van der Waals surface area (Å²) in [6.07, 6.45) is 1.85. The molecule has 1 aromatic heterocycles. The minimum atomic E-state index is -0.321. The van der Waals surface area contributed by atoms with E-state index in [9.17, 15) is 0 Å². The Bertz CT molecular complexity index is 764. The zero-order chi connectivity index (χ0) is 15.0. The van der Waals surface area contributed by atoms with Crippen LogP contribution in [-0.2, 0) is 5.54 Å². The second-order valence-electron chi connectivity index (χ2n) is 5.87. The van der Waals surface area contributed by atoms with Gasteiger partial charge < -0.3 is 11.1 Å². The highest BCUT2D eigenvalue weighted by Gasteiger charge is 2.15. The number of nitrogens with one attached hydrogen (secondary N) is 2. The quantitative estimate of drug-likeness (QED) is 0.688. The molecule has 2 aromatic carbocycles. The highest BCUT2D eigenvalue weighted by molar-refractivity contribution is 5.99. The molecule has 4 nitrogen and oxygen atoms in total. The van der Waals surface area contributed by atoms with Crippen molar-refractivity contribution in [3.63, 3.8) is 0 Å². The molecule has 0 aliphatic carbocycles.